The number of rotatable bonds is 4. The molecular formula is C15H16N4O4. The molecule has 0 radical (unpaired) electrons. The molecule has 2 aromatic rings. The first-order chi connectivity index (χ1) is 11.0. The van der Waals surface area contributed by atoms with Crippen LogP contribution in [0.15, 0.2) is 30.0 Å². The third-order valence-corrected chi connectivity index (χ3v) is 3.55. The number of allylic oxidation sites excluding steroid dienone is 1. The van der Waals surface area contributed by atoms with Gasteiger partial charge in [-0.05, 0) is 19.1 Å². The molecule has 1 aliphatic rings. The van der Waals surface area contributed by atoms with E-state index in [1.165, 1.54) is 7.11 Å². The molecule has 0 fully saturated rings. The number of fused-ring (bicyclic) bond motifs is 1. The lowest BCUT2D eigenvalue weighted by molar-refractivity contribution is -0.132. The average molecular weight is 316 g/mol. The number of carboxylic acid groups (broad SMARTS) is 1. The summed E-state index contributed by atoms with van der Waals surface area (Å²) in [7, 11) is 3.09. The SMILES string of the molecule is COc1cccc([C@@H]2C=C(C(=O)O)Nc3nc(C)nn32)c1OC. The summed E-state index contributed by atoms with van der Waals surface area (Å²) in [6, 6.07) is 4.96. The van der Waals surface area contributed by atoms with Crippen LogP contribution in [0, 0.1) is 6.92 Å². The standard InChI is InChI=1S/C15H16N4O4/c1-8-16-15-17-10(14(20)21)7-11(19(15)18-8)9-5-4-6-12(22-2)13(9)23-3/h4-7,11H,1-3H3,(H,20,21)(H,16,17,18)/t11-/m0/s1. The molecule has 2 heterocycles. The van der Waals surface area contributed by atoms with Gasteiger partial charge in [-0.15, -0.1) is 0 Å². The summed E-state index contributed by atoms with van der Waals surface area (Å²) in [5, 5.41) is 16.4. The highest BCUT2D eigenvalue weighted by molar-refractivity contribution is 5.90. The number of hydrogen-bond acceptors (Lipinski definition) is 6. The maximum atomic E-state index is 11.4. The molecule has 120 valence electrons. The minimum atomic E-state index is -1.07. The van der Waals surface area contributed by atoms with Crippen molar-refractivity contribution >= 4 is 11.9 Å². The Balaban J connectivity index is 2.20. The molecule has 0 bridgehead atoms. The summed E-state index contributed by atoms with van der Waals surface area (Å²) in [6.07, 6.45) is 1.57. The van der Waals surface area contributed by atoms with Crippen molar-refractivity contribution in [2.24, 2.45) is 0 Å². The number of benzene rings is 1. The molecule has 1 aliphatic heterocycles. The molecule has 23 heavy (non-hydrogen) atoms. The Hall–Kier alpha value is -3.03. The summed E-state index contributed by atoms with van der Waals surface area (Å²) in [5.74, 6) is 0.939. The zero-order valence-corrected chi connectivity index (χ0v) is 12.9. The van der Waals surface area contributed by atoms with E-state index in [9.17, 15) is 9.90 Å². The second-order valence-electron chi connectivity index (χ2n) is 4.97. The van der Waals surface area contributed by atoms with Gasteiger partial charge in [-0.25, -0.2) is 9.48 Å². The zero-order valence-electron chi connectivity index (χ0n) is 12.9. The van der Waals surface area contributed by atoms with E-state index in [-0.39, 0.29) is 5.70 Å². The van der Waals surface area contributed by atoms with Gasteiger partial charge in [0.2, 0.25) is 5.95 Å². The monoisotopic (exact) mass is 316 g/mol. The number of methoxy groups -OCH3 is 2. The number of nitrogens with one attached hydrogen (secondary N) is 1. The summed E-state index contributed by atoms with van der Waals surface area (Å²) >= 11 is 0. The number of carbonyl (C=O) groups is 1. The molecule has 1 aromatic carbocycles. The molecule has 1 atom stereocenters. The van der Waals surface area contributed by atoms with Crippen LogP contribution in [0.2, 0.25) is 0 Å². The summed E-state index contributed by atoms with van der Waals surface area (Å²) in [6.45, 7) is 1.74. The third kappa shape index (κ3) is 2.48. The topological polar surface area (TPSA) is 98.5 Å². The van der Waals surface area contributed by atoms with Gasteiger partial charge in [0, 0.05) is 5.56 Å². The molecule has 8 nitrogen and oxygen atoms in total. The van der Waals surface area contributed by atoms with Gasteiger partial charge in [0.05, 0.1) is 14.2 Å². The highest BCUT2D eigenvalue weighted by Gasteiger charge is 2.29. The second-order valence-corrected chi connectivity index (χ2v) is 4.97. The fraction of sp³-hybridized carbons (Fsp3) is 0.267. The van der Waals surface area contributed by atoms with E-state index < -0.39 is 12.0 Å². The van der Waals surface area contributed by atoms with Crippen LogP contribution in [-0.2, 0) is 4.79 Å². The molecule has 1 aromatic heterocycles. The van der Waals surface area contributed by atoms with Crippen molar-refractivity contribution in [3.05, 3.63) is 41.4 Å². The van der Waals surface area contributed by atoms with Crippen LogP contribution in [0.5, 0.6) is 11.5 Å². The molecular weight excluding hydrogens is 300 g/mol. The lowest BCUT2D eigenvalue weighted by atomic mass is 10.0. The van der Waals surface area contributed by atoms with E-state index in [2.05, 4.69) is 15.4 Å². The van der Waals surface area contributed by atoms with Crippen molar-refractivity contribution in [1.82, 2.24) is 14.8 Å². The molecule has 0 unspecified atom stereocenters. The van der Waals surface area contributed by atoms with Crippen molar-refractivity contribution in [3.8, 4) is 11.5 Å². The van der Waals surface area contributed by atoms with Crippen LogP contribution in [0.3, 0.4) is 0 Å². The number of aromatic nitrogens is 3. The number of nitrogens with zero attached hydrogens (tertiary/aromatic N) is 3. The first kappa shape index (κ1) is 14.9. The van der Waals surface area contributed by atoms with Gasteiger partial charge in [0.15, 0.2) is 11.5 Å². The van der Waals surface area contributed by atoms with Crippen molar-refractivity contribution in [1.29, 1.82) is 0 Å². The number of para-hydroxylation sites is 1. The molecule has 0 amide bonds. The van der Waals surface area contributed by atoms with E-state index >= 15 is 0 Å². The Labute approximate surface area is 132 Å². The van der Waals surface area contributed by atoms with Gasteiger partial charge in [-0.1, -0.05) is 12.1 Å². The van der Waals surface area contributed by atoms with Gasteiger partial charge >= 0.3 is 5.97 Å². The highest BCUT2D eigenvalue weighted by Crippen LogP contribution is 2.39. The van der Waals surface area contributed by atoms with Crippen LogP contribution >= 0.6 is 0 Å². The number of aliphatic carboxylic acids is 1. The lowest BCUT2D eigenvalue weighted by Gasteiger charge is -2.24. The van der Waals surface area contributed by atoms with Crippen LogP contribution in [-0.4, -0.2) is 40.1 Å². The predicted molar refractivity (Wildman–Crippen MR) is 81.8 cm³/mol. The lowest BCUT2D eigenvalue weighted by Crippen LogP contribution is -2.24. The normalized spacial score (nSPS) is 16.1. The van der Waals surface area contributed by atoms with Crippen molar-refractivity contribution in [2.45, 2.75) is 13.0 Å². The molecule has 0 saturated carbocycles. The van der Waals surface area contributed by atoms with Crippen molar-refractivity contribution in [2.75, 3.05) is 19.5 Å². The first-order valence-corrected chi connectivity index (χ1v) is 6.91. The summed E-state index contributed by atoms with van der Waals surface area (Å²) < 4.78 is 12.4. The van der Waals surface area contributed by atoms with E-state index in [1.807, 2.05) is 12.1 Å². The second kappa shape index (κ2) is 5.64. The van der Waals surface area contributed by atoms with Crippen molar-refractivity contribution < 1.29 is 19.4 Å². The maximum absolute atomic E-state index is 11.4. The van der Waals surface area contributed by atoms with Gasteiger partial charge < -0.3 is 19.9 Å². The van der Waals surface area contributed by atoms with Crippen LogP contribution in [0.1, 0.15) is 17.4 Å². The minimum absolute atomic E-state index is 0.0415. The van der Waals surface area contributed by atoms with E-state index in [0.717, 1.165) is 5.56 Å². The van der Waals surface area contributed by atoms with Crippen LogP contribution in [0.25, 0.3) is 0 Å². The third-order valence-electron chi connectivity index (χ3n) is 3.55. The molecule has 0 aliphatic carbocycles. The quantitative estimate of drug-likeness (QED) is 0.883. The van der Waals surface area contributed by atoms with E-state index in [1.54, 1.807) is 30.9 Å². The Morgan fingerprint density at radius 1 is 1.35 bits per heavy atom. The van der Waals surface area contributed by atoms with Gasteiger partial charge in [0.25, 0.3) is 0 Å². The smallest absolute Gasteiger partial charge is 0.352 e. The minimum Gasteiger partial charge on any atom is -0.493 e. The summed E-state index contributed by atoms with van der Waals surface area (Å²) in [4.78, 5) is 15.6. The van der Waals surface area contributed by atoms with Gasteiger partial charge in [-0.2, -0.15) is 10.1 Å². The van der Waals surface area contributed by atoms with Gasteiger partial charge in [0.1, 0.15) is 17.6 Å². The summed E-state index contributed by atoms with van der Waals surface area (Å²) in [5.41, 5.74) is 0.776. The number of carboxylic acids is 1. The number of aryl methyl sites for hydroxylation is 1. The van der Waals surface area contributed by atoms with Crippen molar-refractivity contribution in [3.63, 3.8) is 0 Å². The predicted octanol–water partition coefficient (Wildman–Crippen LogP) is 1.59. The maximum Gasteiger partial charge on any atom is 0.352 e. The molecule has 0 saturated heterocycles. The molecule has 3 rings (SSSR count). The number of anilines is 1. The first-order valence-electron chi connectivity index (χ1n) is 6.91. The Morgan fingerprint density at radius 2 is 2.13 bits per heavy atom. The Morgan fingerprint density at radius 3 is 2.78 bits per heavy atom. The zero-order chi connectivity index (χ0) is 16.6. The molecule has 8 heteroatoms. The average Bonchev–Trinajstić information content (AvgIpc) is 2.92. The Kier molecular flexibility index (Phi) is 3.65. The molecule has 2 N–H and O–H groups in total. The molecule has 0 spiro atoms. The number of hydrogen-bond donors (Lipinski definition) is 2. The van der Waals surface area contributed by atoms with Gasteiger partial charge in [-0.3, -0.25) is 0 Å². The fourth-order valence-electron chi connectivity index (χ4n) is 2.59. The largest absolute Gasteiger partial charge is 0.493 e. The van der Waals surface area contributed by atoms with Crippen LogP contribution in [0.4, 0.5) is 5.95 Å². The van der Waals surface area contributed by atoms with E-state index in [0.29, 0.717) is 23.3 Å². The fourth-order valence-corrected chi connectivity index (χ4v) is 2.59. The van der Waals surface area contributed by atoms with Crippen LogP contribution < -0.4 is 14.8 Å². The Bertz CT molecular complexity index is 797. The van der Waals surface area contributed by atoms with E-state index in [4.69, 9.17) is 9.47 Å². The highest BCUT2D eigenvalue weighted by atomic mass is 16.5. The number of ether oxygens (including phenoxy) is 2.